The van der Waals surface area contributed by atoms with Gasteiger partial charge in [-0.25, -0.2) is 0 Å². The van der Waals surface area contributed by atoms with Crippen LogP contribution in [0.1, 0.15) is 17.5 Å². The fraction of sp³-hybridized carbons (Fsp3) is 0.214. The van der Waals surface area contributed by atoms with Crippen molar-refractivity contribution in [3.05, 3.63) is 48.0 Å². The summed E-state index contributed by atoms with van der Waals surface area (Å²) in [5, 5.41) is 23.4. The van der Waals surface area contributed by atoms with E-state index in [1.165, 1.54) is 18.3 Å². The number of aromatic nitrogens is 5. The molecule has 11 heteroatoms. The summed E-state index contributed by atoms with van der Waals surface area (Å²) in [5.74, 6) is 0.0238. The molecule has 0 aliphatic heterocycles. The lowest BCUT2D eigenvalue weighted by Gasteiger charge is -2.09. The van der Waals surface area contributed by atoms with Crippen LogP contribution >= 0.6 is 0 Å². The average molecular weight is 354 g/mol. The molecule has 3 aromatic rings. The molecule has 2 heterocycles. The number of anilines is 2. The Morgan fingerprint density at radius 2 is 2.00 bits per heavy atom. The Morgan fingerprint density at radius 1 is 1.28 bits per heavy atom. The molecule has 2 aromatic heterocycles. The van der Waals surface area contributed by atoms with Crippen molar-refractivity contribution in [2.75, 3.05) is 5.32 Å². The second-order valence-electron chi connectivity index (χ2n) is 5.09. The van der Waals surface area contributed by atoms with Gasteiger partial charge < -0.3 is 15.2 Å². The van der Waals surface area contributed by atoms with E-state index in [2.05, 4.69) is 30.3 Å². The first kappa shape index (κ1) is 16.8. The van der Waals surface area contributed by atoms with E-state index < -0.39 is 12.5 Å². The van der Waals surface area contributed by atoms with E-state index in [1.54, 1.807) is 17.9 Å². The Kier molecular flexibility index (Phi) is 4.31. The normalized spacial score (nSPS) is 12.8. The number of aliphatic hydroxyl groups excluding tert-OH is 1. The van der Waals surface area contributed by atoms with Crippen LogP contribution in [0.3, 0.4) is 0 Å². The van der Waals surface area contributed by atoms with Gasteiger partial charge in [0.1, 0.15) is 11.9 Å². The van der Waals surface area contributed by atoms with Crippen molar-refractivity contribution in [3.63, 3.8) is 0 Å². The smallest absolute Gasteiger partial charge is 0.406 e. The Labute approximate surface area is 139 Å². The predicted octanol–water partition coefficient (Wildman–Crippen LogP) is 2.26. The summed E-state index contributed by atoms with van der Waals surface area (Å²) in [5.41, 5.74) is 0.995. The summed E-state index contributed by atoms with van der Waals surface area (Å²) < 4.78 is 41.7. The quantitative estimate of drug-likeness (QED) is 0.650. The lowest BCUT2D eigenvalue weighted by atomic mass is 10.2. The molecule has 0 radical (unpaired) electrons. The number of halogens is 3. The van der Waals surface area contributed by atoms with Gasteiger partial charge in [0.2, 0.25) is 5.95 Å². The SMILES string of the molecule is Cn1cc(C(O)c2nc(Nc3ccc(OC(F)(F)F)cc3)n[nH]2)cn1. The maximum absolute atomic E-state index is 12.1. The third kappa shape index (κ3) is 4.26. The van der Waals surface area contributed by atoms with E-state index in [1.807, 2.05) is 0 Å². The van der Waals surface area contributed by atoms with Crippen molar-refractivity contribution < 1.29 is 23.0 Å². The average Bonchev–Trinajstić information content (AvgIpc) is 3.16. The maximum atomic E-state index is 12.1. The number of ether oxygens (including phenoxy) is 1. The first-order valence-corrected chi connectivity index (χ1v) is 7.02. The summed E-state index contributed by atoms with van der Waals surface area (Å²) >= 11 is 0. The third-order valence-corrected chi connectivity index (χ3v) is 3.15. The summed E-state index contributed by atoms with van der Waals surface area (Å²) in [6.45, 7) is 0. The Hall–Kier alpha value is -3.08. The van der Waals surface area contributed by atoms with Gasteiger partial charge in [-0.15, -0.1) is 18.3 Å². The molecule has 0 fully saturated rings. The molecule has 3 N–H and O–H groups in total. The Morgan fingerprint density at radius 3 is 2.60 bits per heavy atom. The molecule has 132 valence electrons. The third-order valence-electron chi connectivity index (χ3n) is 3.15. The van der Waals surface area contributed by atoms with Gasteiger partial charge in [-0.3, -0.25) is 9.78 Å². The van der Waals surface area contributed by atoms with Crippen LogP contribution in [0.15, 0.2) is 36.7 Å². The number of H-pyrrole nitrogens is 1. The molecule has 1 aromatic carbocycles. The second kappa shape index (κ2) is 6.43. The summed E-state index contributed by atoms with van der Waals surface area (Å²) in [6, 6.07) is 5.09. The van der Waals surface area contributed by atoms with E-state index in [0.29, 0.717) is 11.3 Å². The van der Waals surface area contributed by atoms with Crippen LogP contribution in [0.25, 0.3) is 0 Å². The number of hydrogen-bond donors (Lipinski definition) is 3. The highest BCUT2D eigenvalue weighted by Gasteiger charge is 2.30. The number of aryl methyl sites for hydroxylation is 1. The van der Waals surface area contributed by atoms with Gasteiger partial charge >= 0.3 is 6.36 Å². The molecular formula is C14H13F3N6O2. The van der Waals surface area contributed by atoms with E-state index in [9.17, 15) is 18.3 Å². The van der Waals surface area contributed by atoms with Gasteiger partial charge in [0.15, 0.2) is 5.82 Å². The fourth-order valence-electron chi connectivity index (χ4n) is 2.06. The van der Waals surface area contributed by atoms with Crippen LogP contribution < -0.4 is 10.1 Å². The van der Waals surface area contributed by atoms with Crippen molar-refractivity contribution >= 4 is 11.6 Å². The van der Waals surface area contributed by atoms with Gasteiger partial charge in [-0.1, -0.05) is 0 Å². The molecule has 0 aliphatic rings. The van der Waals surface area contributed by atoms with Crippen LogP contribution in [0.2, 0.25) is 0 Å². The molecule has 0 saturated carbocycles. The van der Waals surface area contributed by atoms with Crippen LogP contribution in [0.4, 0.5) is 24.8 Å². The minimum absolute atomic E-state index is 0.155. The minimum Gasteiger partial charge on any atom is -0.406 e. The van der Waals surface area contributed by atoms with E-state index in [4.69, 9.17) is 0 Å². The molecule has 25 heavy (non-hydrogen) atoms. The first-order valence-electron chi connectivity index (χ1n) is 7.02. The molecular weight excluding hydrogens is 341 g/mol. The highest BCUT2D eigenvalue weighted by Crippen LogP contribution is 2.25. The van der Waals surface area contributed by atoms with Crippen LogP contribution in [-0.2, 0) is 7.05 Å². The fourth-order valence-corrected chi connectivity index (χ4v) is 2.06. The summed E-state index contributed by atoms with van der Waals surface area (Å²) in [6.07, 6.45) is -2.63. The van der Waals surface area contributed by atoms with E-state index in [0.717, 1.165) is 12.1 Å². The minimum atomic E-state index is -4.74. The van der Waals surface area contributed by atoms with Crippen molar-refractivity contribution in [2.24, 2.45) is 7.05 Å². The monoisotopic (exact) mass is 354 g/mol. The topological polar surface area (TPSA) is 101 Å². The molecule has 0 saturated heterocycles. The Bertz CT molecular complexity index is 843. The summed E-state index contributed by atoms with van der Waals surface area (Å²) in [4.78, 5) is 4.10. The van der Waals surface area contributed by atoms with Crippen molar-refractivity contribution in [1.82, 2.24) is 25.0 Å². The molecule has 1 unspecified atom stereocenters. The molecule has 8 nitrogen and oxygen atoms in total. The number of rotatable bonds is 5. The predicted molar refractivity (Wildman–Crippen MR) is 80.1 cm³/mol. The first-order chi connectivity index (χ1) is 11.8. The largest absolute Gasteiger partial charge is 0.573 e. The number of nitrogens with one attached hydrogen (secondary N) is 2. The zero-order valence-corrected chi connectivity index (χ0v) is 12.8. The highest BCUT2D eigenvalue weighted by molar-refractivity contribution is 5.54. The summed E-state index contributed by atoms with van der Waals surface area (Å²) in [7, 11) is 1.72. The van der Waals surface area contributed by atoms with E-state index >= 15 is 0 Å². The van der Waals surface area contributed by atoms with E-state index in [-0.39, 0.29) is 17.5 Å². The zero-order chi connectivity index (χ0) is 18.0. The maximum Gasteiger partial charge on any atom is 0.573 e. The van der Waals surface area contributed by atoms with Crippen LogP contribution in [0.5, 0.6) is 5.75 Å². The number of aliphatic hydroxyl groups is 1. The molecule has 0 bridgehead atoms. The van der Waals surface area contributed by atoms with Crippen LogP contribution in [-0.4, -0.2) is 36.4 Å². The van der Waals surface area contributed by atoms with Gasteiger partial charge in [0.05, 0.1) is 6.20 Å². The number of aromatic amines is 1. The van der Waals surface area contributed by atoms with Crippen molar-refractivity contribution in [2.45, 2.75) is 12.5 Å². The molecule has 0 amide bonds. The van der Waals surface area contributed by atoms with Crippen molar-refractivity contribution in [1.29, 1.82) is 0 Å². The molecule has 3 rings (SSSR count). The number of benzene rings is 1. The lowest BCUT2D eigenvalue weighted by molar-refractivity contribution is -0.274. The number of nitrogens with zero attached hydrogens (tertiary/aromatic N) is 4. The number of alkyl halides is 3. The highest BCUT2D eigenvalue weighted by atomic mass is 19.4. The number of hydrogen-bond acceptors (Lipinski definition) is 6. The van der Waals surface area contributed by atoms with Gasteiger partial charge in [0, 0.05) is 24.5 Å². The Balaban J connectivity index is 1.67. The molecule has 0 spiro atoms. The second-order valence-corrected chi connectivity index (χ2v) is 5.09. The zero-order valence-electron chi connectivity index (χ0n) is 12.8. The van der Waals surface area contributed by atoms with Gasteiger partial charge in [-0.05, 0) is 24.3 Å². The van der Waals surface area contributed by atoms with Gasteiger partial charge in [0.25, 0.3) is 0 Å². The lowest BCUT2D eigenvalue weighted by Crippen LogP contribution is -2.16. The standard InChI is InChI=1S/C14H13F3N6O2/c1-23-7-8(6-18-23)11(24)12-20-13(22-21-12)19-9-2-4-10(5-3-9)25-14(15,16)17/h2-7,11,24H,1H3,(H2,19,20,21,22). The van der Waals surface area contributed by atoms with Crippen LogP contribution in [0, 0.1) is 0 Å². The van der Waals surface area contributed by atoms with Gasteiger partial charge in [-0.2, -0.15) is 10.1 Å². The molecule has 1 atom stereocenters. The molecule has 0 aliphatic carbocycles. The van der Waals surface area contributed by atoms with Crippen molar-refractivity contribution in [3.8, 4) is 5.75 Å².